The number of benzene rings is 1. The molecule has 1 N–H and O–H groups in total. The zero-order valence-corrected chi connectivity index (χ0v) is 10.7. The highest BCUT2D eigenvalue weighted by atomic mass is 19.1. The predicted molar refractivity (Wildman–Crippen MR) is 68.9 cm³/mol. The Morgan fingerprint density at radius 1 is 1.30 bits per heavy atom. The fraction of sp³-hybridized carbons (Fsp3) is 0.143. The minimum atomic E-state index is -1.38. The van der Waals surface area contributed by atoms with E-state index in [1.165, 1.54) is 36.4 Å². The number of ether oxygens (including phenoxy) is 1. The maximum Gasteiger partial charge on any atom is 0.406 e. The van der Waals surface area contributed by atoms with Crippen molar-refractivity contribution in [3.8, 4) is 17.0 Å². The number of carbonyl (C=O) groups is 1. The molecule has 5 nitrogen and oxygen atoms in total. The van der Waals surface area contributed by atoms with Crippen LogP contribution >= 0.6 is 0 Å². The summed E-state index contributed by atoms with van der Waals surface area (Å²) in [5.74, 6) is -1.82. The second kappa shape index (κ2) is 5.56. The first-order valence-electron chi connectivity index (χ1n) is 5.93. The molecule has 0 aliphatic carbocycles. The number of hydrogen-bond acceptors (Lipinski definition) is 3. The summed E-state index contributed by atoms with van der Waals surface area (Å²) >= 11 is 0. The molecule has 0 spiro atoms. The van der Waals surface area contributed by atoms with E-state index in [0.717, 1.165) is 0 Å². The van der Waals surface area contributed by atoms with Crippen LogP contribution in [0.2, 0.25) is 0 Å². The summed E-state index contributed by atoms with van der Waals surface area (Å²) in [5, 5.41) is 21.3. The molecule has 0 unspecified atom stereocenters. The number of carboxylic acid groups (broad SMARTS) is 1. The van der Waals surface area contributed by atoms with Gasteiger partial charge in [0.25, 0.3) is 0 Å². The van der Waals surface area contributed by atoms with E-state index in [4.69, 9.17) is 9.84 Å². The van der Waals surface area contributed by atoms with Crippen LogP contribution in [-0.2, 0) is 0 Å². The molecule has 1 heterocycles. The third-order valence-corrected chi connectivity index (χ3v) is 2.69. The Hall–Kier alpha value is -2.63. The molecule has 2 rings (SSSR count). The lowest BCUT2D eigenvalue weighted by Gasteiger charge is -2.11. The summed E-state index contributed by atoms with van der Waals surface area (Å²) in [6.07, 6.45) is 0. The zero-order chi connectivity index (χ0) is 14.7. The van der Waals surface area contributed by atoms with Crippen molar-refractivity contribution in [3.05, 3.63) is 53.1 Å². The van der Waals surface area contributed by atoms with Gasteiger partial charge in [-0.25, -0.2) is 9.18 Å². The molecule has 6 heteroatoms. The standard InChI is InChI=1S/C14H12FNO4/c1-2-20-12-8-7-11(16(19)13(12)14(17)18)9-3-5-10(15)6-4-9/h3-8H,2H2,1H3,(H,17,18). The lowest BCUT2D eigenvalue weighted by molar-refractivity contribution is -0.597. The molecule has 0 saturated heterocycles. The van der Waals surface area contributed by atoms with Crippen molar-refractivity contribution in [1.82, 2.24) is 0 Å². The van der Waals surface area contributed by atoms with Gasteiger partial charge in [0.1, 0.15) is 5.82 Å². The quantitative estimate of drug-likeness (QED) is 0.687. The number of halogens is 1. The SMILES string of the molecule is CCOc1ccc(-c2ccc(F)cc2)[n+]([O-])c1C(=O)O. The summed E-state index contributed by atoms with van der Waals surface area (Å²) < 4.78 is 18.3. The van der Waals surface area contributed by atoms with E-state index in [0.29, 0.717) is 5.56 Å². The van der Waals surface area contributed by atoms with Gasteiger partial charge < -0.3 is 15.1 Å². The lowest BCUT2D eigenvalue weighted by Crippen LogP contribution is -2.37. The number of carboxylic acids is 1. The monoisotopic (exact) mass is 277 g/mol. The molecule has 2 aromatic rings. The van der Waals surface area contributed by atoms with Crippen LogP contribution in [0.4, 0.5) is 4.39 Å². The first-order chi connectivity index (χ1) is 9.54. The Labute approximate surface area is 114 Å². The highest BCUT2D eigenvalue weighted by molar-refractivity contribution is 5.87. The molecule has 0 amide bonds. The van der Waals surface area contributed by atoms with Crippen LogP contribution in [-0.4, -0.2) is 17.7 Å². The van der Waals surface area contributed by atoms with Gasteiger partial charge in [-0.2, -0.15) is 4.73 Å². The number of nitrogens with zero attached hydrogens (tertiary/aromatic N) is 1. The van der Waals surface area contributed by atoms with E-state index in [-0.39, 0.29) is 22.8 Å². The fourth-order valence-electron chi connectivity index (χ4n) is 1.82. The Morgan fingerprint density at radius 2 is 1.95 bits per heavy atom. The molecule has 0 radical (unpaired) electrons. The van der Waals surface area contributed by atoms with E-state index < -0.39 is 17.5 Å². The summed E-state index contributed by atoms with van der Waals surface area (Å²) in [6, 6.07) is 8.08. The fourth-order valence-corrected chi connectivity index (χ4v) is 1.82. The minimum absolute atomic E-state index is 0.000798. The Kier molecular flexibility index (Phi) is 3.84. The molecule has 1 aromatic heterocycles. The number of pyridine rings is 1. The highest BCUT2D eigenvalue weighted by Gasteiger charge is 2.26. The van der Waals surface area contributed by atoms with Gasteiger partial charge in [0.15, 0.2) is 0 Å². The van der Waals surface area contributed by atoms with Gasteiger partial charge in [-0.15, -0.1) is 0 Å². The third-order valence-electron chi connectivity index (χ3n) is 2.69. The van der Waals surface area contributed by atoms with Crippen molar-refractivity contribution >= 4 is 5.97 Å². The van der Waals surface area contributed by atoms with Crippen LogP contribution in [0.1, 0.15) is 17.4 Å². The Bertz CT molecular complexity index is 640. The molecule has 0 fully saturated rings. The Morgan fingerprint density at radius 3 is 2.50 bits per heavy atom. The van der Waals surface area contributed by atoms with Gasteiger partial charge in [-0.1, -0.05) is 0 Å². The molecule has 0 bridgehead atoms. The average Bonchev–Trinajstić information content (AvgIpc) is 2.40. The van der Waals surface area contributed by atoms with Crippen LogP contribution < -0.4 is 9.47 Å². The number of rotatable bonds is 4. The first-order valence-corrected chi connectivity index (χ1v) is 5.93. The maximum atomic E-state index is 12.9. The largest absolute Gasteiger partial charge is 0.618 e. The van der Waals surface area contributed by atoms with E-state index in [1.807, 2.05) is 0 Å². The van der Waals surface area contributed by atoms with E-state index in [9.17, 15) is 14.4 Å². The highest BCUT2D eigenvalue weighted by Crippen LogP contribution is 2.22. The predicted octanol–water partition coefficient (Wildman–Crippen LogP) is 2.22. The van der Waals surface area contributed by atoms with Crippen molar-refractivity contribution in [1.29, 1.82) is 0 Å². The lowest BCUT2D eigenvalue weighted by atomic mass is 10.1. The summed E-state index contributed by atoms with van der Waals surface area (Å²) in [4.78, 5) is 11.2. The first kappa shape index (κ1) is 13.8. The number of hydrogen-bond donors (Lipinski definition) is 1. The van der Waals surface area contributed by atoms with E-state index >= 15 is 0 Å². The third kappa shape index (κ3) is 2.54. The molecular weight excluding hydrogens is 265 g/mol. The minimum Gasteiger partial charge on any atom is -0.618 e. The average molecular weight is 277 g/mol. The van der Waals surface area contributed by atoms with E-state index in [2.05, 4.69) is 0 Å². The molecule has 20 heavy (non-hydrogen) atoms. The van der Waals surface area contributed by atoms with Crippen LogP contribution in [0.15, 0.2) is 36.4 Å². The van der Waals surface area contributed by atoms with Crippen molar-refractivity contribution in [3.63, 3.8) is 0 Å². The van der Waals surface area contributed by atoms with E-state index in [1.54, 1.807) is 6.92 Å². The topological polar surface area (TPSA) is 73.5 Å². The van der Waals surface area contributed by atoms with Crippen molar-refractivity contribution in [2.24, 2.45) is 0 Å². The molecule has 1 aromatic carbocycles. The van der Waals surface area contributed by atoms with Gasteiger partial charge in [0.2, 0.25) is 11.4 Å². The zero-order valence-electron chi connectivity index (χ0n) is 10.7. The maximum absolute atomic E-state index is 12.9. The van der Waals surface area contributed by atoms with Crippen LogP contribution in [0.3, 0.4) is 0 Å². The molecule has 0 aliphatic rings. The van der Waals surface area contributed by atoms with Crippen molar-refractivity contribution in [2.45, 2.75) is 6.92 Å². The summed E-state index contributed by atoms with van der Waals surface area (Å²) in [7, 11) is 0. The summed E-state index contributed by atoms with van der Waals surface area (Å²) in [5.41, 5.74) is 0.0477. The van der Waals surface area contributed by atoms with Gasteiger partial charge >= 0.3 is 11.7 Å². The second-order valence-electron chi connectivity index (χ2n) is 3.97. The normalized spacial score (nSPS) is 10.3. The Balaban J connectivity index is 2.58. The van der Waals surface area contributed by atoms with Crippen molar-refractivity contribution < 1.29 is 23.8 Å². The molecule has 0 aliphatic heterocycles. The van der Waals surface area contributed by atoms with Crippen LogP contribution in [0.25, 0.3) is 11.3 Å². The van der Waals surface area contributed by atoms with Crippen LogP contribution in [0, 0.1) is 11.0 Å². The van der Waals surface area contributed by atoms with Gasteiger partial charge in [0, 0.05) is 11.6 Å². The molecule has 0 saturated carbocycles. The van der Waals surface area contributed by atoms with Gasteiger partial charge in [-0.3, -0.25) is 0 Å². The number of aromatic carboxylic acids is 1. The van der Waals surface area contributed by atoms with Crippen molar-refractivity contribution in [2.75, 3.05) is 6.61 Å². The van der Waals surface area contributed by atoms with Crippen LogP contribution in [0.5, 0.6) is 5.75 Å². The van der Waals surface area contributed by atoms with Gasteiger partial charge in [-0.05, 0) is 37.3 Å². The number of aromatic nitrogens is 1. The molecule has 104 valence electrons. The molecule has 0 atom stereocenters. The second-order valence-corrected chi connectivity index (χ2v) is 3.97. The molecular formula is C14H12FNO4. The summed E-state index contributed by atoms with van der Waals surface area (Å²) in [6.45, 7) is 1.94. The smallest absolute Gasteiger partial charge is 0.406 e. The van der Waals surface area contributed by atoms with Gasteiger partial charge in [0.05, 0.1) is 6.61 Å².